The zero-order chi connectivity index (χ0) is 10.9. The van der Waals surface area contributed by atoms with Crippen molar-refractivity contribution in [1.82, 2.24) is 0 Å². The molecule has 0 saturated heterocycles. The third-order valence-electron chi connectivity index (χ3n) is 1.78. The first kappa shape index (κ1) is 11.2. The Morgan fingerprint density at radius 2 is 2.21 bits per heavy atom. The fraction of sp³-hybridized carbons (Fsp3) is 0.222. The third-order valence-corrected chi connectivity index (χ3v) is 2.83. The summed E-state index contributed by atoms with van der Waals surface area (Å²) in [5, 5.41) is 8.88. The SMILES string of the molecule is COc1c(C)cc(F)c(I)c1C(=O)O. The number of hydrogen-bond donors (Lipinski definition) is 1. The number of carboxylic acids is 1. The number of ether oxygens (including phenoxy) is 1. The normalized spacial score (nSPS) is 10.0. The van der Waals surface area contributed by atoms with E-state index in [-0.39, 0.29) is 14.9 Å². The van der Waals surface area contributed by atoms with Crippen molar-refractivity contribution in [3.8, 4) is 5.75 Å². The lowest BCUT2D eigenvalue weighted by atomic mass is 10.1. The summed E-state index contributed by atoms with van der Waals surface area (Å²) in [4.78, 5) is 10.9. The fourth-order valence-corrected chi connectivity index (χ4v) is 1.82. The Morgan fingerprint density at radius 3 is 2.64 bits per heavy atom. The molecule has 1 rings (SSSR count). The topological polar surface area (TPSA) is 46.5 Å². The number of hydrogen-bond acceptors (Lipinski definition) is 2. The molecule has 5 heteroatoms. The summed E-state index contributed by atoms with van der Waals surface area (Å²) < 4.78 is 18.2. The molecule has 0 radical (unpaired) electrons. The molecule has 3 nitrogen and oxygen atoms in total. The number of aromatic carboxylic acids is 1. The molecule has 0 aliphatic carbocycles. The zero-order valence-corrected chi connectivity index (χ0v) is 9.75. The van der Waals surface area contributed by atoms with Gasteiger partial charge < -0.3 is 9.84 Å². The minimum absolute atomic E-state index is 0.0672. The largest absolute Gasteiger partial charge is 0.496 e. The summed E-state index contributed by atoms with van der Waals surface area (Å²) in [5.41, 5.74) is 0.355. The van der Waals surface area contributed by atoms with Gasteiger partial charge in [-0.2, -0.15) is 0 Å². The summed E-state index contributed by atoms with van der Waals surface area (Å²) in [5.74, 6) is -1.52. The number of methoxy groups -OCH3 is 1. The van der Waals surface area contributed by atoms with E-state index in [1.54, 1.807) is 29.5 Å². The van der Waals surface area contributed by atoms with Gasteiger partial charge in [-0.3, -0.25) is 0 Å². The maximum absolute atomic E-state index is 13.2. The van der Waals surface area contributed by atoms with Crippen molar-refractivity contribution in [3.63, 3.8) is 0 Å². The summed E-state index contributed by atoms with van der Waals surface area (Å²) in [6, 6.07) is 1.26. The Labute approximate surface area is 94.0 Å². The van der Waals surface area contributed by atoms with E-state index in [0.717, 1.165) is 0 Å². The number of benzene rings is 1. The predicted molar refractivity (Wildman–Crippen MR) is 57.4 cm³/mol. The van der Waals surface area contributed by atoms with E-state index in [4.69, 9.17) is 9.84 Å². The monoisotopic (exact) mass is 310 g/mol. The molecule has 0 amide bonds. The van der Waals surface area contributed by atoms with Crippen LogP contribution in [0.4, 0.5) is 4.39 Å². The van der Waals surface area contributed by atoms with Crippen molar-refractivity contribution in [1.29, 1.82) is 0 Å². The van der Waals surface area contributed by atoms with Gasteiger partial charge >= 0.3 is 5.97 Å². The Hall–Kier alpha value is -0.850. The molecular formula is C9H8FIO3. The molecule has 1 aromatic rings. The Morgan fingerprint density at radius 1 is 1.64 bits per heavy atom. The van der Waals surface area contributed by atoms with E-state index in [9.17, 15) is 9.18 Å². The lowest BCUT2D eigenvalue weighted by molar-refractivity contribution is 0.0691. The molecule has 0 aliphatic heterocycles. The molecule has 0 aliphatic rings. The van der Waals surface area contributed by atoms with Crippen molar-refractivity contribution in [2.45, 2.75) is 6.92 Å². The van der Waals surface area contributed by atoms with Crippen LogP contribution in [0.2, 0.25) is 0 Å². The Balaban J connectivity index is 3.56. The molecule has 0 heterocycles. The summed E-state index contributed by atoms with van der Waals surface area (Å²) in [7, 11) is 1.36. The van der Waals surface area contributed by atoms with Gasteiger partial charge in [-0.15, -0.1) is 0 Å². The van der Waals surface area contributed by atoms with Crippen molar-refractivity contribution in [2.24, 2.45) is 0 Å². The number of halogens is 2. The second-order valence-corrected chi connectivity index (χ2v) is 3.78. The van der Waals surface area contributed by atoms with Crippen molar-refractivity contribution < 1.29 is 19.0 Å². The first-order chi connectivity index (χ1) is 6.49. The van der Waals surface area contributed by atoms with Crippen LogP contribution in [0.1, 0.15) is 15.9 Å². The first-order valence-corrected chi connectivity index (χ1v) is 4.82. The third kappa shape index (κ3) is 1.82. The van der Waals surface area contributed by atoms with Crippen LogP contribution in [-0.4, -0.2) is 18.2 Å². The number of aryl methyl sites for hydroxylation is 1. The highest BCUT2D eigenvalue weighted by atomic mass is 127. The summed E-state index contributed by atoms with van der Waals surface area (Å²) >= 11 is 1.65. The maximum Gasteiger partial charge on any atom is 0.340 e. The second-order valence-electron chi connectivity index (χ2n) is 2.70. The van der Waals surface area contributed by atoms with Gasteiger partial charge in [0.15, 0.2) is 0 Å². The highest BCUT2D eigenvalue weighted by Gasteiger charge is 2.20. The fourth-order valence-electron chi connectivity index (χ4n) is 1.19. The van der Waals surface area contributed by atoms with Crippen molar-refractivity contribution in [3.05, 3.63) is 26.6 Å². The van der Waals surface area contributed by atoms with Gasteiger partial charge in [-0.1, -0.05) is 0 Å². The molecule has 0 fully saturated rings. The van der Waals surface area contributed by atoms with Gasteiger partial charge in [0, 0.05) is 0 Å². The lowest BCUT2D eigenvalue weighted by Crippen LogP contribution is -2.07. The molecule has 76 valence electrons. The van der Waals surface area contributed by atoms with Crippen LogP contribution in [0, 0.1) is 16.3 Å². The summed E-state index contributed by atoms with van der Waals surface area (Å²) in [6.45, 7) is 1.60. The molecule has 0 unspecified atom stereocenters. The van der Waals surface area contributed by atoms with E-state index >= 15 is 0 Å². The van der Waals surface area contributed by atoms with Gasteiger partial charge in [0.2, 0.25) is 0 Å². The Bertz CT molecular complexity index is 390. The second kappa shape index (κ2) is 4.12. The average molecular weight is 310 g/mol. The molecule has 0 saturated carbocycles. The van der Waals surface area contributed by atoms with Gasteiger partial charge in [0.1, 0.15) is 17.1 Å². The zero-order valence-electron chi connectivity index (χ0n) is 7.60. The smallest absolute Gasteiger partial charge is 0.340 e. The average Bonchev–Trinajstić information content (AvgIpc) is 2.10. The molecule has 1 aromatic carbocycles. The van der Waals surface area contributed by atoms with Gasteiger partial charge in [0.25, 0.3) is 0 Å². The molecule has 0 spiro atoms. The van der Waals surface area contributed by atoms with Gasteiger partial charge in [-0.05, 0) is 41.1 Å². The highest BCUT2D eigenvalue weighted by Crippen LogP contribution is 2.29. The predicted octanol–water partition coefficient (Wildman–Crippen LogP) is 2.45. The molecule has 0 bridgehead atoms. The molecule has 1 N–H and O–H groups in total. The first-order valence-electron chi connectivity index (χ1n) is 3.75. The van der Waals surface area contributed by atoms with E-state index in [2.05, 4.69) is 0 Å². The number of carboxylic acid groups (broad SMARTS) is 1. The van der Waals surface area contributed by atoms with Crippen LogP contribution in [0.25, 0.3) is 0 Å². The van der Waals surface area contributed by atoms with Crippen molar-refractivity contribution >= 4 is 28.6 Å². The van der Waals surface area contributed by atoms with Crippen molar-refractivity contribution in [2.75, 3.05) is 7.11 Å². The minimum Gasteiger partial charge on any atom is -0.496 e. The quantitative estimate of drug-likeness (QED) is 0.854. The standard InChI is InChI=1S/C9H8FIO3/c1-4-3-5(10)7(11)6(9(12)13)8(4)14-2/h3H,1-2H3,(H,12,13). The van der Waals surface area contributed by atoms with Crippen LogP contribution in [0.5, 0.6) is 5.75 Å². The highest BCUT2D eigenvalue weighted by molar-refractivity contribution is 14.1. The van der Waals surface area contributed by atoms with Crippen LogP contribution >= 0.6 is 22.6 Å². The summed E-state index contributed by atoms with van der Waals surface area (Å²) in [6.07, 6.45) is 0. The van der Waals surface area contributed by atoms with E-state index in [1.807, 2.05) is 0 Å². The Kier molecular flexibility index (Phi) is 3.30. The van der Waals surface area contributed by atoms with Crippen LogP contribution in [-0.2, 0) is 0 Å². The number of carbonyl (C=O) groups is 1. The molecule has 0 atom stereocenters. The van der Waals surface area contributed by atoms with Crippen LogP contribution < -0.4 is 4.74 Å². The molecule has 0 aromatic heterocycles. The number of rotatable bonds is 2. The van der Waals surface area contributed by atoms with Gasteiger partial charge in [0.05, 0.1) is 10.7 Å². The molecular weight excluding hydrogens is 302 g/mol. The lowest BCUT2D eigenvalue weighted by Gasteiger charge is -2.10. The van der Waals surface area contributed by atoms with Crippen LogP contribution in [0.3, 0.4) is 0 Å². The molecule has 14 heavy (non-hydrogen) atoms. The maximum atomic E-state index is 13.2. The van der Waals surface area contributed by atoms with E-state index in [1.165, 1.54) is 13.2 Å². The minimum atomic E-state index is -1.19. The van der Waals surface area contributed by atoms with E-state index in [0.29, 0.717) is 5.56 Å². The van der Waals surface area contributed by atoms with Gasteiger partial charge in [-0.25, -0.2) is 9.18 Å². The van der Waals surface area contributed by atoms with Crippen LogP contribution in [0.15, 0.2) is 6.07 Å². The van der Waals surface area contributed by atoms with E-state index < -0.39 is 11.8 Å².